The second-order valence-electron chi connectivity index (χ2n) is 23.0. The predicted molar refractivity (Wildman–Crippen MR) is 429 cm³/mol. The van der Waals surface area contributed by atoms with Crippen LogP contribution >= 0.6 is 46.6 Å². The summed E-state index contributed by atoms with van der Waals surface area (Å²) in [6, 6.07) is 35.5. The van der Waals surface area contributed by atoms with Crippen LogP contribution in [0.4, 0.5) is 0 Å². The number of carbonyl (C=O) groups excluding carboxylic acids is 4. The number of esters is 2. The molecule has 7 aromatic carbocycles. The molecule has 0 aliphatic carbocycles. The van der Waals surface area contributed by atoms with E-state index in [1.807, 2.05) is 91.8 Å². The zero-order chi connectivity index (χ0) is 75.0. The van der Waals surface area contributed by atoms with Crippen molar-refractivity contribution in [3.63, 3.8) is 0 Å². The van der Waals surface area contributed by atoms with Gasteiger partial charge in [0.15, 0.2) is 11.5 Å². The minimum atomic E-state index is -1.07. The van der Waals surface area contributed by atoms with Gasteiger partial charge in [-0.2, -0.15) is 14.4 Å². The molecule has 13 aromatic rings. The van der Waals surface area contributed by atoms with E-state index in [2.05, 4.69) is 29.8 Å². The predicted octanol–water partition coefficient (Wildman–Crippen LogP) is 17.3. The Bertz CT molecular complexity index is 5420. The van der Waals surface area contributed by atoms with Gasteiger partial charge in [-0.05, 0) is 179 Å². The Morgan fingerprint density at radius 1 is 0.455 bits per heavy atom. The van der Waals surface area contributed by atoms with Crippen LogP contribution in [0.5, 0.6) is 0 Å². The Kier molecular flexibility index (Phi) is 38.9. The first-order valence-electron chi connectivity index (χ1n) is 30.7. The molecule has 112 heavy (non-hydrogen) atoms. The Balaban J connectivity index is 0.00000135. The maximum absolute atomic E-state index is 11.5. The number of nitrogens with zero attached hydrogens (tertiary/aromatic N) is 5. The number of rotatable bonds is 10. The van der Waals surface area contributed by atoms with Crippen LogP contribution in [0.2, 0.25) is 15.1 Å². The first-order valence-corrected chi connectivity index (χ1v) is 32.1. The van der Waals surface area contributed by atoms with Crippen LogP contribution in [0.15, 0.2) is 154 Å². The smallest absolute Gasteiger partial charge is 0.870 e. The molecule has 2 amide bonds. The van der Waals surface area contributed by atoms with Gasteiger partial charge >= 0.3 is 48.7 Å². The van der Waals surface area contributed by atoms with Gasteiger partial charge in [0.05, 0.1) is 30.9 Å². The quantitative estimate of drug-likeness (QED) is 0.0212. The third-order valence-electron chi connectivity index (χ3n) is 15.9. The Labute approximate surface area is 678 Å². The fourth-order valence-electron chi connectivity index (χ4n) is 10.1. The molecule has 14 rings (SSSR count). The number of aromatic carboxylic acids is 3. The molecule has 6 aromatic heterocycles. The number of carboxylic acid groups (broad SMARTS) is 3. The van der Waals surface area contributed by atoms with E-state index in [1.165, 1.54) is 32.4 Å². The van der Waals surface area contributed by atoms with Gasteiger partial charge < -0.3 is 68.2 Å². The first kappa shape index (κ1) is 101. The maximum atomic E-state index is 11.5. The topological polar surface area (TPSA) is 444 Å². The number of nitrogen functional groups attached to an aromatic ring is 1. The van der Waals surface area contributed by atoms with Crippen LogP contribution < -0.4 is 24.6 Å². The van der Waals surface area contributed by atoms with Crippen LogP contribution in [0.25, 0.3) is 90.0 Å². The number of amidine groups is 1. The molecule has 0 atom stereocenters. The average Bonchev–Trinajstić information content (AvgIpc) is 1.63. The average molecular weight is 1620 g/mol. The second kappa shape index (κ2) is 43.3. The van der Waals surface area contributed by atoms with Gasteiger partial charge in [-0.3, -0.25) is 15.0 Å². The molecule has 0 bridgehead atoms. The molecule has 32 heteroatoms. The minimum absolute atomic E-state index is 0. The molecule has 1 fully saturated rings. The number of ether oxygens (including phenoxy) is 2. The molecular formula is C80H88Cl4LiN7O20. The Morgan fingerprint density at radius 2 is 0.768 bits per heavy atom. The second-order valence-corrected chi connectivity index (χ2v) is 24.5. The van der Waals surface area contributed by atoms with E-state index in [0.29, 0.717) is 81.6 Å². The number of imide groups is 1. The van der Waals surface area contributed by atoms with Crippen LogP contribution in [0.1, 0.15) is 160 Å². The number of aryl methyl sites for hydroxylation is 8. The normalized spacial score (nSPS) is 10.6. The van der Waals surface area contributed by atoms with Crippen molar-refractivity contribution in [2.45, 2.75) is 113 Å². The van der Waals surface area contributed by atoms with Gasteiger partial charge in [0.2, 0.25) is 35.0 Å². The van der Waals surface area contributed by atoms with Gasteiger partial charge in [0.1, 0.15) is 28.2 Å². The first-order chi connectivity index (χ1) is 48.9. The van der Waals surface area contributed by atoms with Gasteiger partial charge in [0, 0.05) is 77.9 Å². The van der Waals surface area contributed by atoms with E-state index in [9.17, 15) is 33.6 Å². The van der Waals surface area contributed by atoms with E-state index in [-0.39, 0.29) is 134 Å². The van der Waals surface area contributed by atoms with E-state index in [4.69, 9.17) is 99.8 Å². The number of furan rings is 4. The zero-order valence-electron chi connectivity index (χ0n) is 58.3. The maximum Gasteiger partial charge on any atom is 1.00 e. The summed E-state index contributed by atoms with van der Waals surface area (Å²) < 4.78 is 42.8. The summed E-state index contributed by atoms with van der Waals surface area (Å²) in [5, 5.41) is 47.0. The van der Waals surface area contributed by atoms with Gasteiger partial charge in [-0.25, -0.2) is 24.0 Å². The number of nitrogens with one attached hydrogen (secondary N) is 1. The van der Waals surface area contributed by atoms with Crippen molar-refractivity contribution in [1.29, 1.82) is 5.41 Å². The van der Waals surface area contributed by atoms with Crippen LogP contribution in [-0.4, -0.2) is 113 Å². The number of aromatic nitrogens is 4. The van der Waals surface area contributed by atoms with Gasteiger partial charge in [-0.15, -0.1) is 0 Å². The van der Waals surface area contributed by atoms with Crippen molar-refractivity contribution < 1.29 is 115 Å². The monoisotopic (exact) mass is 1610 g/mol. The SMILES string of the molecule is C.C.C.C.C.C.COC(=O)c1ccc(-c2noc(-c3cc4c(C)c(Cl)cc(C)c4o3)n2)cc1.COC(=O)c1ccc(C(=N)N)cc1.Cc1c(Cl)cc(C)c2oc(-c3nc(-c4ccc(C(=O)O)cc4)no3)cc12.Cc1c(Cl)cc(C)c2oc(C(=O)O)cc12.Cc1ccc(C)c2oc(C(=O)O)cc12.O.O=C1CCC(=O)N1Cl.[Li+].[OH-]. The molecular weight excluding hydrogens is 1530 g/mol. The van der Waals surface area contributed by atoms with E-state index >= 15 is 0 Å². The van der Waals surface area contributed by atoms with Crippen molar-refractivity contribution in [2.75, 3.05) is 14.2 Å². The van der Waals surface area contributed by atoms with Crippen molar-refractivity contribution in [3.8, 4) is 46.1 Å². The number of halogens is 4. The van der Waals surface area contributed by atoms with Crippen LogP contribution in [-0.2, 0) is 19.1 Å². The van der Waals surface area contributed by atoms with E-state index in [0.717, 1.165) is 77.2 Å². The van der Waals surface area contributed by atoms with E-state index in [1.54, 1.807) is 72.8 Å². The number of methoxy groups -OCH3 is 2. The molecule has 0 unspecified atom stereocenters. The number of hydrogen-bond acceptors (Lipinski definition) is 21. The van der Waals surface area contributed by atoms with Crippen LogP contribution in [0.3, 0.4) is 0 Å². The van der Waals surface area contributed by atoms with Crippen molar-refractivity contribution in [2.24, 2.45) is 5.73 Å². The zero-order valence-corrected chi connectivity index (χ0v) is 61.3. The van der Waals surface area contributed by atoms with Crippen LogP contribution in [0, 0.1) is 60.8 Å². The summed E-state index contributed by atoms with van der Waals surface area (Å²) in [7, 11) is 2.66. The third-order valence-corrected chi connectivity index (χ3v) is 17.5. The summed E-state index contributed by atoms with van der Waals surface area (Å²) >= 11 is 23.6. The van der Waals surface area contributed by atoms with Crippen molar-refractivity contribution >= 4 is 138 Å². The van der Waals surface area contributed by atoms with Crippen molar-refractivity contribution in [1.82, 2.24) is 24.7 Å². The summed E-state index contributed by atoms with van der Waals surface area (Å²) in [6.45, 7) is 15.2. The third kappa shape index (κ3) is 22.9. The molecule has 1 aliphatic rings. The molecule has 7 heterocycles. The number of carbonyl (C=O) groups is 7. The fourth-order valence-corrected chi connectivity index (χ4v) is 11.1. The molecule has 592 valence electrons. The van der Waals surface area contributed by atoms with Gasteiger partial charge in [0.25, 0.3) is 11.8 Å². The molecule has 9 N–H and O–H groups in total. The molecule has 1 saturated heterocycles. The minimum Gasteiger partial charge on any atom is -0.870 e. The molecule has 1 aliphatic heterocycles. The summed E-state index contributed by atoms with van der Waals surface area (Å²) in [5.41, 5.74) is 18.4. The summed E-state index contributed by atoms with van der Waals surface area (Å²) in [5.74, 6) is -2.35. The molecule has 0 radical (unpaired) electrons. The standard InChI is InChI=1S/C20H15ClN2O4.C19H13ClN2O4.C11H9ClO3.C11H10O3.C9H10N2O2.C4H4ClNO2.6CH4.Li.2H2O/c1-10-8-15(21)11(2)14-9-16(26-17(10)14)19-22-18(23-27-19)12-4-6-13(7-5-12)20(24)25-3;1-9-7-14(20)10(2)13-8-15(25-16(9)13)18-21-17(22-26-18)11-3-5-12(6-4-11)19(23)24;1-5-3-8(12)6(2)7-4-9(11(13)14)15-10(5)7;1-6-3-4-7(2)10-8(6)5-9(14-10)11(12)13;1-13-9(12)7-4-2-6(3-5-7)8(10)11;5-6-3(7)1-2-4(6)8;;;;;;;;;/h4-9H,1-3H3;3-8H,1-2H3,(H,23,24);3-4H,1-2H3,(H,13,14);3-5H,1-2H3,(H,12,13);2-5H,1H3,(H3,10,11);1-2H2;6*1H4;;2*1H2/q;;;;;;;;;;;;+1;;/p-1. The largest absolute Gasteiger partial charge is 1.00 e. The van der Waals surface area contributed by atoms with Crippen molar-refractivity contribution in [3.05, 3.63) is 221 Å². The number of fused-ring (bicyclic) bond motifs is 4. The summed E-state index contributed by atoms with van der Waals surface area (Å²) in [6.07, 6.45) is 0.532. The molecule has 27 nitrogen and oxygen atoms in total. The molecule has 0 saturated carbocycles. The fraction of sp³-hybridized carbons (Fsp3) is 0.225. The Hall–Kier alpha value is -11.4. The molecule has 0 spiro atoms. The number of amides is 2. The number of nitrogens with two attached hydrogens (primary N) is 1. The Morgan fingerprint density at radius 3 is 1.09 bits per heavy atom. The summed E-state index contributed by atoms with van der Waals surface area (Å²) in [4.78, 5) is 84.4. The number of benzene rings is 7. The number of carboxylic acids is 3. The number of hydrogen-bond donors (Lipinski definition) is 5. The van der Waals surface area contributed by atoms with E-state index < -0.39 is 29.8 Å². The van der Waals surface area contributed by atoms with Gasteiger partial charge in [-0.1, -0.05) is 138 Å².